The van der Waals surface area contributed by atoms with Crippen LogP contribution in [0.2, 0.25) is 0 Å². The summed E-state index contributed by atoms with van der Waals surface area (Å²) in [6.07, 6.45) is 9.22. The number of thiol groups is 1. The molecule has 0 amide bonds. The highest BCUT2D eigenvalue weighted by atomic mass is 32.1. The monoisotopic (exact) mass is 352 g/mol. The van der Waals surface area contributed by atoms with Crippen LogP contribution in [-0.4, -0.2) is 19.3 Å². The van der Waals surface area contributed by atoms with E-state index in [1.807, 2.05) is 6.92 Å². The van der Waals surface area contributed by atoms with Gasteiger partial charge in [-0.3, -0.25) is 0 Å². The maximum absolute atomic E-state index is 7.54. The molecule has 1 aliphatic carbocycles. The lowest BCUT2D eigenvalue weighted by atomic mass is 9.81. The zero-order chi connectivity index (χ0) is 17.8. The molecule has 0 atom stereocenters. The second-order valence-electron chi connectivity index (χ2n) is 7.11. The van der Waals surface area contributed by atoms with Crippen molar-refractivity contribution in [3.63, 3.8) is 0 Å². The lowest BCUT2D eigenvalue weighted by molar-refractivity contribution is 0.611. The van der Waals surface area contributed by atoms with Crippen LogP contribution >= 0.6 is 12.6 Å². The number of allylic oxidation sites excluding steroid dienone is 5. The number of nitrogens with one attached hydrogen (secondary N) is 2. The molecule has 1 saturated heterocycles. The van der Waals surface area contributed by atoms with Crippen molar-refractivity contribution in [2.75, 3.05) is 13.1 Å². The molecule has 0 aromatic heterocycles. The Balaban J connectivity index is 2.24. The zero-order valence-corrected chi connectivity index (χ0v) is 16.2. The molecule has 0 spiro atoms. The van der Waals surface area contributed by atoms with Crippen molar-refractivity contribution < 1.29 is 0 Å². The third kappa shape index (κ3) is 4.16. The Hall–Kier alpha value is -1.58. The molecule has 1 heterocycles. The lowest BCUT2D eigenvalue weighted by Crippen LogP contribution is -2.24. The molecular formula is C22H28N2S. The Bertz CT molecular complexity index is 760. The highest BCUT2D eigenvalue weighted by Gasteiger charge is 2.20. The predicted molar refractivity (Wildman–Crippen MR) is 111 cm³/mol. The Morgan fingerprint density at radius 2 is 1.92 bits per heavy atom. The van der Waals surface area contributed by atoms with Crippen molar-refractivity contribution in [2.45, 2.75) is 50.8 Å². The van der Waals surface area contributed by atoms with Crippen molar-refractivity contribution in [2.24, 2.45) is 0 Å². The van der Waals surface area contributed by atoms with Crippen molar-refractivity contribution in [1.82, 2.24) is 5.32 Å². The summed E-state index contributed by atoms with van der Waals surface area (Å²) < 4.78 is 0. The van der Waals surface area contributed by atoms with Gasteiger partial charge in [0.15, 0.2) is 0 Å². The molecule has 3 heteroatoms. The average Bonchev–Trinajstić information content (AvgIpc) is 2.62. The molecule has 132 valence electrons. The maximum atomic E-state index is 7.54. The van der Waals surface area contributed by atoms with Gasteiger partial charge in [-0.25, -0.2) is 0 Å². The zero-order valence-electron chi connectivity index (χ0n) is 15.3. The van der Waals surface area contributed by atoms with Crippen LogP contribution in [0.25, 0.3) is 5.57 Å². The molecule has 2 nitrogen and oxygen atoms in total. The van der Waals surface area contributed by atoms with E-state index in [-0.39, 0.29) is 0 Å². The van der Waals surface area contributed by atoms with Gasteiger partial charge in [0.05, 0.1) is 0 Å². The molecule has 0 bridgehead atoms. The second-order valence-corrected chi connectivity index (χ2v) is 7.62. The molecule has 2 aliphatic rings. The Labute approximate surface area is 157 Å². The molecule has 1 aromatic rings. The van der Waals surface area contributed by atoms with Gasteiger partial charge in [0.1, 0.15) is 0 Å². The summed E-state index contributed by atoms with van der Waals surface area (Å²) in [5, 5.41) is 11.0. The first-order valence-corrected chi connectivity index (χ1v) is 9.68. The van der Waals surface area contributed by atoms with E-state index in [0.717, 1.165) is 55.7 Å². The quantitative estimate of drug-likeness (QED) is 0.486. The van der Waals surface area contributed by atoms with E-state index < -0.39 is 0 Å². The van der Waals surface area contributed by atoms with E-state index >= 15 is 0 Å². The van der Waals surface area contributed by atoms with Crippen LogP contribution in [0.15, 0.2) is 51.5 Å². The minimum atomic E-state index is 1.02. The fourth-order valence-electron chi connectivity index (χ4n) is 3.97. The van der Waals surface area contributed by atoms with Gasteiger partial charge in [-0.15, -0.1) is 12.6 Å². The van der Waals surface area contributed by atoms with E-state index in [9.17, 15) is 0 Å². The Kier molecular flexibility index (Phi) is 5.98. The van der Waals surface area contributed by atoms with Gasteiger partial charge in [0.25, 0.3) is 0 Å². The topological polar surface area (TPSA) is 35.9 Å². The molecule has 0 saturated carbocycles. The standard InChI is InChI=1S/C22H28N2S/c1-15(14-23)12-19-5-3-4-17-6-7-20(25)13-21(17)22(16(19)2)18-8-10-24-11-9-18/h6-7,12-14,23-25H,3-5,8-11H2,1-2H3/b15-12-,19-16+,23-14?. The molecule has 0 radical (unpaired) electrons. The maximum Gasteiger partial charge on any atom is 0.0207 e. The lowest BCUT2D eigenvalue weighted by Gasteiger charge is -2.26. The summed E-state index contributed by atoms with van der Waals surface area (Å²) in [6, 6.07) is 6.63. The van der Waals surface area contributed by atoms with Crippen molar-refractivity contribution in [3.8, 4) is 0 Å². The van der Waals surface area contributed by atoms with Crippen LogP contribution in [-0.2, 0) is 6.42 Å². The largest absolute Gasteiger partial charge is 0.316 e. The van der Waals surface area contributed by atoms with E-state index in [1.54, 1.807) is 5.57 Å². The summed E-state index contributed by atoms with van der Waals surface area (Å²) in [4.78, 5) is 1.03. The normalized spacial score (nSPS) is 22.3. The number of piperidine rings is 1. The van der Waals surface area contributed by atoms with Gasteiger partial charge in [0.2, 0.25) is 0 Å². The highest BCUT2D eigenvalue weighted by molar-refractivity contribution is 7.80. The number of hydrogen-bond donors (Lipinski definition) is 3. The van der Waals surface area contributed by atoms with Gasteiger partial charge in [-0.2, -0.15) is 0 Å². The van der Waals surface area contributed by atoms with Crippen LogP contribution in [0, 0.1) is 5.41 Å². The van der Waals surface area contributed by atoms with Crippen LogP contribution in [0.1, 0.15) is 50.7 Å². The first-order valence-electron chi connectivity index (χ1n) is 9.24. The highest BCUT2D eigenvalue weighted by Crippen LogP contribution is 2.39. The molecular weight excluding hydrogens is 324 g/mol. The molecule has 25 heavy (non-hydrogen) atoms. The van der Waals surface area contributed by atoms with Gasteiger partial charge >= 0.3 is 0 Å². The summed E-state index contributed by atoms with van der Waals surface area (Å²) in [6.45, 7) is 6.41. The summed E-state index contributed by atoms with van der Waals surface area (Å²) in [5.74, 6) is 0. The minimum Gasteiger partial charge on any atom is -0.316 e. The second kappa shape index (κ2) is 8.20. The summed E-state index contributed by atoms with van der Waals surface area (Å²) >= 11 is 4.61. The third-order valence-corrected chi connectivity index (χ3v) is 5.58. The molecule has 2 N–H and O–H groups in total. The van der Waals surface area contributed by atoms with Gasteiger partial charge in [0, 0.05) is 11.1 Å². The van der Waals surface area contributed by atoms with Crippen LogP contribution < -0.4 is 5.32 Å². The number of benzene rings is 1. The number of hydrogen-bond acceptors (Lipinski definition) is 3. The van der Waals surface area contributed by atoms with E-state index in [4.69, 9.17) is 5.41 Å². The fourth-order valence-corrected chi connectivity index (χ4v) is 4.17. The molecule has 0 unspecified atom stereocenters. The SMILES string of the molecule is C/C(C=N)=C/C1=C(\C)C(=C2CCNCC2)c2cc(S)ccc2CCC1. The van der Waals surface area contributed by atoms with Crippen molar-refractivity contribution in [1.29, 1.82) is 5.41 Å². The predicted octanol–water partition coefficient (Wildman–Crippen LogP) is 5.36. The van der Waals surface area contributed by atoms with E-state index in [0.29, 0.717) is 0 Å². The first-order chi connectivity index (χ1) is 12.1. The smallest absolute Gasteiger partial charge is 0.0207 e. The van der Waals surface area contributed by atoms with Crippen molar-refractivity contribution in [3.05, 3.63) is 57.7 Å². The van der Waals surface area contributed by atoms with Crippen molar-refractivity contribution >= 4 is 24.4 Å². The molecule has 1 aromatic carbocycles. The number of fused-ring (bicyclic) bond motifs is 1. The van der Waals surface area contributed by atoms with E-state index in [1.165, 1.54) is 34.1 Å². The molecule has 3 rings (SSSR count). The van der Waals surface area contributed by atoms with Crippen LogP contribution in [0.4, 0.5) is 0 Å². The van der Waals surface area contributed by atoms with Gasteiger partial charge in [-0.05, 0) is 105 Å². The van der Waals surface area contributed by atoms with Gasteiger partial charge < -0.3 is 10.7 Å². The van der Waals surface area contributed by atoms with Crippen LogP contribution in [0.3, 0.4) is 0 Å². The Morgan fingerprint density at radius 3 is 2.64 bits per heavy atom. The number of aryl methyl sites for hydroxylation is 1. The minimum absolute atomic E-state index is 1.02. The summed E-state index contributed by atoms with van der Waals surface area (Å²) in [7, 11) is 0. The molecule has 1 aliphatic heterocycles. The Morgan fingerprint density at radius 1 is 1.16 bits per heavy atom. The van der Waals surface area contributed by atoms with Crippen LogP contribution in [0.5, 0.6) is 0 Å². The summed E-state index contributed by atoms with van der Waals surface area (Å²) in [5.41, 5.74) is 9.63. The third-order valence-electron chi connectivity index (χ3n) is 5.30. The average molecular weight is 353 g/mol. The first kappa shape index (κ1) is 18.2. The van der Waals surface area contributed by atoms with E-state index in [2.05, 4.69) is 49.1 Å². The number of rotatable bonds is 2. The fraction of sp³-hybridized carbons (Fsp3) is 0.409. The van der Waals surface area contributed by atoms with Gasteiger partial charge in [-0.1, -0.05) is 17.7 Å². The molecule has 1 fully saturated rings.